The maximum absolute atomic E-state index is 13.0. The molecule has 1 aliphatic carbocycles. The molecule has 1 heterocycles. The fourth-order valence-electron chi connectivity index (χ4n) is 3.71. The molecule has 6 nitrogen and oxygen atoms in total. The van der Waals surface area contributed by atoms with Gasteiger partial charge in [-0.05, 0) is 74.6 Å². The number of methoxy groups -OCH3 is 1. The summed E-state index contributed by atoms with van der Waals surface area (Å²) >= 11 is 0. The second-order valence-electron chi connectivity index (χ2n) is 7.88. The van der Waals surface area contributed by atoms with E-state index in [0.717, 1.165) is 35.2 Å². The van der Waals surface area contributed by atoms with Gasteiger partial charge in [0.05, 0.1) is 24.6 Å². The lowest BCUT2D eigenvalue weighted by molar-refractivity contribution is -0.124. The molecule has 6 heteroatoms. The lowest BCUT2D eigenvalue weighted by atomic mass is 9.94. The highest BCUT2D eigenvalue weighted by atomic mass is 16.5. The molecule has 0 bridgehead atoms. The van der Waals surface area contributed by atoms with Gasteiger partial charge in [-0.25, -0.2) is 4.68 Å². The summed E-state index contributed by atoms with van der Waals surface area (Å²) in [6, 6.07) is 11.9. The van der Waals surface area contributed by atoms with E-state index in [1.54, 1.807) is 7.11 Å². The standard InChI is InChI=1S/C22H26N4O2/c1-14-11-19-20(12-15(14)2)26(25-24-19)13-16(3)23-21(27)22(9-10-22)17-5-7-18(28-4)8-6-17/h5-8,11-12,16H,9-10,13H2,1-4H3,(H,23,27)/t16-/m1/s1. The van der Waals surface area contributed by atoms with Gasteiger partial charge in [0.1, 0.15) is 11.3 Å². The quantitative estimate of drug-likeness (QED) is 0.715. The Bertz CT molecular complexity index is 1020. The monoisotopic (exact) mass is 378 g/mol. The van der Waals surface area contributed by atoms with Crippen molar-refractivity contribution < 1.29 is 9.53 Å². The summed E-state index contributed by atoms with van der Waals surface area (Å²) < 4.78 is 7.10. The minimum absolute atomic E-state index is 0.0465. The lowest BCUT2D eigenvalue weighted by Crippen LogP contribution is -2.42. The molecule has 4 rings (SSSR count). The molecule has 2 aromatic carbocycles. The molecule has 0 aliphatic heterocycles. The summed E-state index contributed by atoms with van der Waals surface area (Å²) in [5.74, 6) is 0.888. The second kappa shape index (κ2) is 6.93. The van der Waals surface area contributed by atoms with Crippen LogP contribution in [0.2, 0.25) is 0 Å². The van der Waals surface area contributed by atoms with Gasteiger partial charge >= 0.3 is 0 Å². The van der Waals surface area contributed by atoms with Crippen LogP contribution >= 0.6 is 0 Å². The van der Waals surface area contributed by atoms with Gasteiger partial charge in [-0.2, -0.15) is 0 Å². The molecule has 1 aromatic heterocycles. The van der Waals surface area contributed by atoms with Crippen LogP contribution in [-0.4, -0.2) is 34.1 Å². The van der Waals surface area contributed by atoms with Crippen LogP contribution in [0.5, 0.6) is 5.75 Å². The summed E-state index contributed by atoms with van der Waals surface area (Å²) in [4.78, 5) is 13.0. The molecular formula is C22H26N4O2. The van der Waals surface area contributed by atoms with Crippen molar-refractivity contribution in [2.24, 2.45) is 0 Å². The average Bonchev–Trinajstić information content (AvgIpc) is 3.42. The molecule has 1 saturated carbocycles. The molecule has 1 fully saturated rings. The Morgan fingerprint density at radius 1 is 1.21 bits per heavy atom. The first-order valence-corrected chi connectivity index (χ1v) is 9.69. The van der Waals surface area contributed by atoms with Crippen molar-refractivity contribution in [1.82, 2.24) is 20.3 Å². The van der Waals surface area contributed by atoms with Crippen molar-refractivity contribution in [3.63, 3.8) is 0 Å². The number of aryl methyl sites for hydroxylation is 2. The Morgan fingerprint density at radius 3 is 2.54 bits per heavy atom. The molecule has 0 saturated heterocycles. The summed E-state index contributed by atoms with van der Waals surface area (Å²) in [5, 5.41) is 11.7. The third-order valence-electron chi connectivity index (χ3n) is 5.78. The molecule has 0 unspecified atom stereocenters. The van der Waals surface area contributed by atoms with Gasteiger partial charge in [0.15, 0.2) is 0 Å². The summed E-state index contributed by atoms with van der Waals surface area (Å²) in [6.45, 7) is 6.76. The highest BCUT2D eigenvalue weighted by Gasteiger charge is 2.51. The number of amides is 1. The highest BCUT2D eigenvalue weighted by molar-refractivity contribution is 5.91. The number of hydrogen-bond donors (Lipinski definition) is 1. The molecule has 1 amide bonds. The number of nitrogens with one attached hydrogen (secondary N) is 1. The minimum Gasteiger partial charge on any atom is -0.497 e. The predicted molar refractivity (Wildman–Crippen MR) is 109 cm³/mol. The Labute approximate surface area is 164 Å². The van der Waals surface area contributed by atoms with Gasteiger partial charge in [-0.1, -0.05) is 17.3 Å². The molecular weight excluding hydrogens is 352 g/mol. The van der Waals surface area contributed by atoms with Crippen LogP contribution in [-0.2, 0) is 16.8 Å². The number of carbonyl (C=O) groups is 1. The zero-order valence-electron chi connectivity index (χ0n) is 16.8. The number of carbonyl (C=O) groups excluding carboxylic acids is 1. The topological polar surface area (TPSA) is 69.0 Å². The number of benzene rings is 2. The maximum atomic E-state index is 13.0. The van der Waals surface area contributed by atoms with Gasteiger partial charge in [0.25, 0.3) is 0 Å². The van der Waals surface area contributed by atoms with Crippen LogP contribution in [0.25, 0.3) is 11.0 Å². The van der Waals surface area contributed by atoms with E-state index in [0.29, 0.717) is 6.54 Å². The maximum Gasteiger partial charge on any atom is 0.230 e. The highest BCUT2D eigenvalue weighted by Crippen LogP contribution is 2.48. The minimum atomic E-state index is -0.404. The van der Waals surface area contributed by atoms with Crippen molar-refractivity contribution in [3.8, 4) is 5.75 Å². The van der Waals surface area contributed by atoms with Crippen molar-refractivity contribution in [1.29, 1.82) is 0 Å². The van der Waals surface area contributed by atoms with Crippen LogP contribution in [0.15, 0.2) is 36.4 Å². The van der Waals surface area contributed by atoms with Crippen molar-refractivity contribution in [3.05, 3.63) is 53.1 Å². The van der Waals surface area contributed by atoms with E-state index in [2.05, 4.69) is 41.6 Å². The van der Waals surface area contributed by atoms with Gasteiger partial charge in [-0.3, -0.25) is 4.79 Å². The van der Waals surface area contributed by atoms with Crippen LogP contribution < -0.4 is 10.1 Å². The first-order valence-electron chi connectivity index (χ1n) is 9.69. The van der Waals surface area contributed by atoms with E-state index < -0.39 is 5.41 Å². The molecule has 0 radical (unpaired) electrons. The second-order valence-corrected chi connectivity index (χ2v) is 7.88. The SMILES string of the molecule is COc1ccc(C2(C(=O)N[C@H](C)Cn3nnc4cc(C)c(C)cc43)CC2)cc1. The van der Waals surface area contributed by atoms with Gasteiger partial charge in [0, 0.05) is 6.04 Å². The fraction of sp³-hybridized carbons (Fsp3) is 0.409. The number of aromatic nitrogens is 3. The number of ether oxygens (including phenoxy) is 1. The fourth-order valence-corrected chi connectivity index (χ4v) is 3.71. The predicted octanol–water partition coefficient (Wildman–Crippen LogP) is 3.29. The van der Waals surface area contributed by atoms with Crippen LogP contribution in [0.4, 0.5) is 0 Å². The van der Waals surface area contributed by atoms with E-state index in [4.69, 9.17) is 4.74 Å². The van der Waals surface area contributed by atoms with Crippen LogP contribution in [0, 0.1) is 13.8 Å². The van der Waals surface area contributed by atoms with Crippen molar-refractivity contribution >= 4 is 16.9 Å². The van der Waals surface area contributed by atoms with Crippen molar-refractivity contribution in [2.75, 3.05) is 7.11 Å². The number of hydrogen-bond acceptors (Lipinski definition) is 4. The number of rotatable bonds is 6. The van der Waals surface area contributed by atoms with E-state index in [1.165, 1.54) is 11.1 Å². The molecule has 146 valence electrons. The first-order chi connectivity index (χ1) is 13.4. The van der Waals surface area contributed by atoms with E-state index in [-0.39, 0.29) is 11.9 Å². The molecule has 0 spiro atoms. The molecule has 1 N–H and O–H groups in total. The van der Waals surface area contributed by atoms with E-state index in [9.17, 15) is 4.79 Å². The van der Waals surface area contributed by atoms with Crippen molar-refractivity contribution in [2.45, 2.75) is 51.6 Å². The Kier molecular flexibility index (Phi) is 4.57. The zero-order valence-corrected chi connectivity index (χ0v) is 16.8. The molecule has 1 atom stereocenters. The lowest BCUT2D eigenvalue weighted by Gasteiger charge is -2.20. The Balaban J connectivity index is 1.47. The van der Waals surface area contributed by atoms with E-state index in [1.807, 2.05) is 35.9 Å². The summed E-state index contributed by atoms with van der Waals surface area (Å²) in [7, 11) is 1.65. The number of fused-ring (bicyclic) bond motifs is 1. The number of nitrogens with zero attached hydrogens (tertiary/aromatic N) is 3. The smallest absolute Gasteiger partial charge is 0.230 e. The summed E-state index contributed by atoms with van der Waals surface area (Å²) in [6.07, 6.45) is 1.76. The van der Waals surface area contributed by atoms with E-state index >= 15 is 0 Å². The normalized spacial score (nSPS) is 16.0. The van der Waals surface area contributed by atoms with Gasteiger partial charge in [0.2, 0.25) is 5.91 Å². The first kappa shape index (κ1) is 18.5. The molecule has 28 heavy (non-hydrogen) atoms. The Hall–Kier alpha value is -2.89. The molecule has 1 aliphatic rings. The zero-order chi connectivity index (χ0) is 19.9. The van der Waals surface area contributed by atoms with Crippen LogP contribution in [0.3, 0.4) is 0 Å². The van der Waals surface area contributed by atoms with Crippen LogP contribution in [0.1, 0.15) is 36.5 Å². The average molecular weight is 378 g/mol. The van der Waals surface area contributed by atoms with Gasteiger partial charge in [-0.15, -0.1) is 5.10 Å². The largest absolute Gasteiger partial charge is 0.497 e. The third kappa shape index (κ3) is 3.23. The molecule has 3 aromatic rings. The van der Waals surface area contributed by atoms with Gasteiger partial charge < -0.3 is 10.1 Å². The summed E-state index contributed by atoms with van der Waals surface area (Å²) in [5.41, 5.74) is 4.95. The Morgan fingerprint density at radius 2 is 1.89 bits per heavy atom. The third-order valence-corrected chi connectivity index (χ3v) is 5.78.